The van der Waals surface area contributed by atoms with Gasteiger partial charge in [-0.3, -0.25) is 4.79 Å². The van der Waals surface area contributed by atoms with Gasteiger partial charge in [0, 0.05) is 10.4 Å². The van der Waals surface area contributed by atoms with E-state index in [-0.39, 0.29) is 11.6 Å². The zero-order chi connectivity index (χ0) is 18.3. The summed E-state index contributed by atoms with van der Waals surface area (Å²) < 4.78 is 0. The number of nitrogens with zero attached hydrogens (tertiary/aromatic N) is 1. The quantitative estimate of drug-likeness (QED) is 0.743. The second-order valence-corrected chi connectivity index (χ2v) is 8.72. The van der Waals surface area contributed by atoms with Crippen LogP contribution >= 0.6 is 11.3 Å². The van der Waals surface area contributed by atoms with Crippen molar-refractivity contribution in [3.05, 3.63) is 62.0 Å². The van der Waals surface area contributed by atoms with E-state index >= 15 is 0 Å². The van der Waals surface area contributed by atoms with Gasteiger partial charge in [0.15, 0.2) is 5.82 Å². The molecule has 0 spiro atoms. The summed E-state index contributed by atoms with van der Waals surface area (Å²) in [6, 6.07) is 8.55. The summed E-state index contributed by atoms with van der Waals surface area (Å²) in [6.07, 6.45) is 3.26. The fourth-order valence-corrected chi connectivity index (χ4v) is 5.23. The molecule has 4 nitrogen and oxygen atoms in total. The van der Waals surface area contributed by atoms with Crippen LogP contribution < -0.4 is 10.9 Å². The number of hydrogen-bond donors (Lipinski definition) is 2. The van der Waals surface area contributed by atoms with E-state index in [2.05, 4.69) is 55.3 Å². The number of aromatic amines is 1. The number of aromatic nitrogens is 2. The van der Waals surface area contributed by atoms with Crippen molar-refractivity contribution in [2.45, 2.75) is 52.6 Å². The maximum absolute atomic E-state index is 12.7. The first-order valence-corrected chi connectivity index (χ1v) is 10.3. The number of aryl methyl sites for hydroxylation is 2. The standard InChI is InChI=1S/C21H25N3OS/c1-12-8-9-16-17(10-12)26-21-18(16)20(25)23-19(24-21)14(3)22-11-15-7-5-4-6-13(15)2/h4-7,12,14,22H,8-11H2,1-3H3,(H,23,24,25)/p+1/t12-,14+/m1/s1. The Balaban J connectivity index is 1.61. The van der Waals surface area contributed by atoms with Crippen LogP contribution in [0.15, 0.2) is 29.1 Å². The fraction of sp³-hybridized carbons (Fsp3) is 0.429. The highest BCUT2D eigenvalue weighted by Crippen LogP contribution is 2.35. The highest BCUT2D eigenvalue weighted by molar-refractivity contribution is 7.18. The lowest BCUT2D eigenvalue weighted by Gasteiger charge is -2.17. The third kappa shape index (κ3) is 3.21. The molecule has 2 heterocycles. The normalized spacial score (nSPS) is 18.0. The molecule has 4 rings (SSSR count). The van der Waals surface area contributed by atoms with Crippen molar-refractivity contribution in [2.75, 3.05) is 0 Å². The molecule has 5 heteroatoms. The molecule has 0 unspecified atom stereocenters. The molecule has 0 bridgehead atoms. The second-order valence-electron chi connectivity index (χ2n) is 7.64. The number of H-pyrrole nitrogens is 1. The summed E-state index contributed by atoms with van der Waals surface area (Å²) >= 11 is 1.72. The molecule has 1 aliphatic rings. The van der Waals surface area contributed by atoms with Crippen LogP contribution in [0.2, 0.25) is 0 Å². The Morgan fingerprint density at radius 1 is 1.38 bits per heavy atom. The van der Waals surface area contributed by atoms with Gasteiger partial charge >= 0.3 is 0 Å². The van der Waals surface area contributed by atoms with Crippen LogP contribution in [-0.2, 0) is 19.4 Å². The van der Waals surface area contributed by atoms with Crippen LogP contribution in [0.5, 0.6) is 0 Å². The molecule has 0 radical (unpaired) electrons. The average molecular weight is 369 g/mol. The van der Waals surface area contributed by atoms with Crippen LogP contribution in [0.25, 0.3) is 10.2 Å². The number of nitrogens with one attached hydrogen (secondary N) is 1. The number of rotatable bonds is 4. The first kappa shape index (κ1) is 17.4. The molecule has 1 aromatic carbocycles. The molecule has 3 N–H and O–H groups in total. The van der Waals surface area contributed by atoms with Crippen molar-refractivity contribution < 1.29 is 5.32 Å². The van der Waals surface area contributed by atoms with Gasteiger partial charge in [-0.05, 0) is 50.2 Å². The van der Waals surface area contributed by atoms with E-state index in [9.17, 15) is 4.79 Å². The van der Waals surface area contributed by atoms with Gasteiger partial charge < -0.3 is 10.3 Å². The number of quaternary nitrogens is 1. The molecule has 0 amide bonds. The van der Waals surface area contributed by atoms with Gasteiger partial charge in [-0.15, -0.1) is 11.3 Å². The Labute approximate surface area is 157 Å². The zero-order valence-electron chi connectivity index (χ0n) is 15.6. The van der Waals surface area contributed by atoms with Gasteiger partial charge in [-0.25, -0.2) is 4.98 Å². The Morgan fingerprint density at radius 2 is 2.19 bits per heavy atom. The van der Waals surface area contributed by atoms with Crippen molar-refractivity contribution in [1.82, 2.24) is 9.97 Å². The minimum atomic E-state index is 0.0354. The lowest BCUT2D eigenvalue weighted by molar-refractivity contribution is -0.709. The summed E-state index contributed by atoms with van der Waals surface area (Å²) in [5.74, 6) is 1.48. The highest BCUT2D eigenvalue weighted by atomic mass is 32.1. The summed E-state index contributed by atoms with van der Waals surface area (Å²) in [4.78, 5) is 22.9. The molecular formula is C21H26N3OS+. The Hall–Kier alpha value is -1.98. The molecule has 2 atom stereocenters. The molecule has 0 saturated carbocycles. The summed E-state index contributed by atoms with van der Waals surface area (Å²) in [5, 5.41) is 3.08. The molecule has 136 valence electrons. The van der Waals surface area contributed by atoms with Gasteiger partial charge in [0.25, 0.3) is 5.56 Å². The van der Waals surface area contributed by atoms with Crippen LogP contribution in [0, 0.1) is 12.8 Å². The van der Waals surface area contributed by atoms with E-state index < -0.39 is 0 Å². The van der Waals surface area contributed by atoms with E-state index in [1.165, 1.54) is 28.0 Å². The molecule has 3 aromatic rings. The van der Waals surface area contributed by atoms with E-state index in [1.54, 1.807) is 11.3 Å². The van der Waals surface area contributed by atoms with Gasteiger partial charge in [0.1, 0.15) is 17.4 Å². The average Bonchev–Trinajstić information content (AvgIpc) is 2.98. The first-order chi connectivity index (χ1) is 12.5. The maximum Gasteiger partial charge on any atom is 0.260 e. The lowest BCUT2D eigenvalue weighted by Crippen LogP contribution is -2.83. The fourth-order valence-electron chi connectivity index (χ4n) is 3.84. The largest absolute Gasteiger partial charge is 0.334 e. The van der Waals surface area contributed by atoms with Gasteiger partial charge in [0.05, 0.1) is 5.39 Å². The maximum atomic E-state index is 12.7. The molecular weight excluding hydrogens is 342 g/mol. The lowest BCUT2D eigenvalue weighted by atomic mass is 9.89. The zero-order valence-corrected chi connectivity index (χ0v) is 16.5. The minimum Gasteiger partial charge on any atom is -0.334 e. The van der Waals surface area contributed by atoms with E-state index in [1.807, 2.05) is 0 Å². The van der Waals surface area contributed by atoms with Crippen molar-refractivity contribution in [2.24, 2.45) is 5.92 Å². The van der Waals surface area contributed by atoms with Crippen LogP contribution in [0.4, 0.5) is 0 Å². The van der Waals surface area contributed by atoms with Crippen LogP contribution in [-0.4, -0.2) is 9.97 Å². The number of fused-ring (bicyclic) bond motifs is 3. The summed E-state index contributed by atoms with van der Waals surface area (Å²) in [6.45, 7) is 7.42. The number of hydrogen-bond acceptors (Lipinski definition) is 3. The van der Waals surface area contributed by atoms with E-state index in [0.717, 1.165) is 35.4 Å². The number of benzene rings is 1. The van der Waals surface area contributed by atoms with Crippen LogP contribution in [0.3, 0.4) is 0 Å². The van der Waals surface area contributed by atoms with E-state index in [4.69, 9.17) is 4.98 Å². The van der Waals surface area contributed by atoms with Gasteiger partial charge in [-0.2, -0.15) is 0 Å². The van der Waals surface area contributed by atoms with Crippen LogP contribution in [0.1, 0.15) is 53.7 Å². The molecule has 0 aliphatic heterocycles. The third-order valence-corrected chi connectivity index (χ3v) is 6.72. The third-order valence-electron chi connectivity index (χ3n) is 5.57. The van der Waals surface area contributed by atoms with Crippen molar-refractivity contribution in [3.63, 3.8) is 0 Å². The second kappa shape index (κ2) is 6.97. The Morgan fingerprint density at radius 3 is 3.00 bits per heavy atom. The highest BCUT2D eigenvalue weighted by Gasteiger charge is 2.24. The monoisotopic (exact) mass is 368 g/mol. The number of thiophene rings is 1. The minimum absolute atomic E-state index is 0.0354. The SMILES string of the molecule is Cc1ccccc1C[NH2+][C@@H](C)c1nc2sc3c(c2c(=O)[nH]1)CC[C@@H](C)C3. The smallest absolute Gasteiger partial charge is 0.260 e. The van der Waals surface area contributed by atoms with E-state index in [0.29, 0.717) is 5.92 Å². The van der Waals surface area contributed by atoms with Gasteiger partial charge in [-0.1, -0.05) is 31.2 Å². The molecule has 0 saturated heterocycles. The predicted molar refractivity (Wildman–Crippen MR) is 107 cm³/mol. The molecule has 26 heavy (non-hydrogen) atoms. The molecule has 2 aromatic heterocycles. The van der Waals surface area contributed by atoms with Crippen molar-refractivity contribution >= 4 is 21.6 Å². The summed E-state index contributed by atoms with van der Waals surface area (Å²) in [7, 11) is 0. The van der Waals surface area contributed by atoms with Gasteiger partial charge in [0.2, 0.25) is 0 Å². The molecule has 1 aliphatic carbocycles. The van der Waals surface area contributed by atoms with Crippen molar-refractivity contribution in [3.8, 4) is 0 Å². The Bertz CT molecular complexity index is 1000. The summed E-state index contributed by atoms with van der Waals surface area (Å²) in [5.41, 5.74) is 3.91. The first-order valence-electron chi connectivity index (χ1n) is 9.45. The Kier molecular flexibility index (Phi) is 4.67. The topological polar surface area (TPSA) is 62.4 Å². The molecule has 0 fully saturated rings. The predicted octanol–water partition coefficient (Wildman–Crippen LogP) is 3.24. The van der Waals surface area contributed by atoms with Crippen molar-refractivity contribution in [1.29, 1.82) is 0 Å². The number of nitrogens with two attached hydrogens (primary N) is 1.